The number of hydrogen-bond donors (Lipinski definition) is 2. The summed E-state index contributed by atoms with van der Waals surface area (Å²) >= 11 is 0. The van der Waals surface area contributed by atoms with Gasteiger partial charge in [-0.2, -0.15) is 0 Å². The Labute approximate surface area is 155 Å². The lowest BCUT2D eigenvalue weighted by Crippen LogP contribution is -2.29. The summed E-state index contributed by atoms with van der Waals surface area (Å²) in [7, 11) is 1.95. The van der Waals surface area contributed by atoms with Crippen LogP contribution in [0, 0.1) is 0 Å². The van der Waals surface area contributed by atoms with Crippen LogP contribution in [0.3, 0.4) is 0 Å². The molecule has 0 amide bonds. The molecule has 0 unspecified atom stereocenters. The van der Waals surface area contributed by atoms with Crippen LogP contribution in [-0.4, -0.2) is 41.5 Å². The van der Waals surface area contributed by atoms with E-state index < -0.39 is 6.29 Å². The number of rotatable bonds is 17. The first-order valence-electron chi connectivity index (χ1n) is 9.71. The van der Waals surface area contributed by atoms with Gasteiger partial charge in [0.2, 0.25) is 0 Å². The van der Waals surface area contributed by atoms with Crippen molar-refractivity contribution in [3.8, 4) is 0 Å². The number of likely N-dealkylation sites (N-methyl/N-ethyl adjacent to an activating group) is 1. The molecule has 0 heterocycles. The first-order valence-corrected chi connectivity index (χ1v) is 9.71. The third-order valence-corrected chi connectivity index (χ3v) is 4.37. The van der Waals surface area contributed by atoms with Crippen molar-refractivity contribution < 1.29 is 10.2 Å². The maximum atomic E-state index is 8.85. The van der Waals surface area contributed by atoms with Gasteiger partial charge in [-0.3, -0.25) is 0 Å². The number of aliphatic hydroxyl groups is 2. The minimum absolute atomic E-state index is 0. The molecule has 0 radical (unpaired) electrons. The molecule has 142 valence electrons. The first-order chi connectivity index (χ1) is 10.7. The van der Waals surface area contributed by atoms with E-state index in [1.807, 2.05) is 11.9 Å². The molecule has 0 spiro atoms. The quantitative estimate of drug-likeness (QED) is 0.259. The van der Waals surface area contributed by atoms with E-state index >= 15 is 0 Å². The van der Waals surface area contributed by atoms with E-state index in [0.29, 0.717) is 6.54 Å². The summed E-state index contributed by atoms with van der Waals surface area (Å²) in [4.78, 5) is 1.99. The highest BCUT2D eigenvalue weighted by atomic mass is 79.9. The molecule has 2 N–H and O–H groups in total. The minimum Gasteiger partial charge on any atom is -0.367 e. The fraction of sp³-hybridized carbons (Fsp3) is 1.00. The van der Waals surface area contributed by atoms with Crippen LogP contribution in [-0.2, 0) is 0 Å². The van der Waals surface area contributed by atoms with Crippen molar-refractivity contribution >= 4 is 17.0 Å². The molecule has 0 aromatic rings. The van der Waals surface area contributed by atoms with Crippen LogP contribution in [0.15, 0.2) is 0 Å². The molecule has 0 aliphatic rings. The SMILES string of the molecule is Br.CCCCCCCCCCCCCCCCN(C)CC(O)O. The Balaban J connectivity index is 0. The van der Waals surface area contributed by atoms with E-state index in [0.717, 1.165) is 6.54 Å². The second-order valence-electron chi connectivity index (χ2n) is 6.84. The first kappa shape index (κ1) is 25.6. The third kappa shape index (κ3) is 22.4. The second-order valence-corrected chi connectivity index (χ2v) is 6.84. The number of hydrogen-bond acceptors (Lipinski definition) is 3. The predicted octanol–water partition coefficient (Wildman–Crippen LogP) is 5.29. The van der Waals surface area contributed by atoms with Crippen LogP contribution >= 0.6 is 17.0 Å². The van der Waals surface area contributed by atoms with Crippen LogP contribution in [0.2, 0.25) is 0 Å². The lowest BCUT2D eigenvalue weighted by atomic mass is 10.0. The molecule has 0 rings (SSSR count). The highest BCUT2D eigenvalue weighted by Crippen LogP contribution is 2.12. The maximum Gasteiger partial charge on any atom is 0.164 e. The number of nitrogens with zero attached hydrogens (tertiary/aromatic N) is 1. The van der Waals surface area contributed by atoms with Gasteiger partial charge < -0.3 is 15.1 Å². The van der Waals surface area contributed by atoms with Crippen molar-refractivity contribution in [3.63, 3.8) is 0 Å². The Morgan fingerprint density at radius 2 is 1.00 bits per heavy atom. The van der Waals surface area contributed by atoms with Crippen molar-refractivity contribution in [3.05, 3.63) is 0 Å². The van der Waals surface area contributed by atoms with Crippen molar-refractivity contribution in [1.29, 1.82) is 0 Å². The fourth-order valence-corrected chi connectivity index (χ4v) is 2.95. The van der Waals surface area contributed by atoms with Gasteiger partial charge in [0.05, 0.1) is 0 Å². The van der Waals surface area contributed by atoms with E-state index in [1.54, 1.807) is 0 Å². The zero-order valence-corrected chi connectivity index (χ0v) is 17.4. The van der Waals surface area contributed by atoms with Gasteiger partial charge in [0.25, 0.3) is 0 Å². The zero-order valence-electron chi connectivity index (χ0n) is 15.6. The van der Waals surface area contributed by atoms with Crippen molar-refractivity contribution in [1.82, 2.24) is 4.90 Å². The summed E-state index contributed by atoms with van der Waals surface area (Å²) in [5.74, 6) is 0. The van der Waals surface area contributed by atoms with E-state index in [9.17, 15) is 0 Å². The largest absolute Gasteiger partial charge is 0.367 e. The third-order valence-electron chi connectivity index (χ3n) is 4.37. The smallest absolute Gasteiger partial charge is 0.164 e. The molecule has 0 aromatic heterocycles. The molecule has 0 aromatic carbocycles. The Kier molecular flexibility index (Phi) is 22.7. The molecule has 0 aliphatic carbocycles. The van der Waals surface area contributed by atoms with Crippen LogP contribution in [0.4, 0.5) is 0 Å². The molecule has 0 aliphatic heterocycles. The maximum absolute atomic E-state index is 8.85. The molecule has 0 atom stereocenters. The molecule has 4 heteroatoms. The second kappa shape index (κ2) is 20.4. The number of unbranched alkanes of at least 4 members (excludes halogenated alkanes) is 13. The standard InChI is InChI=1S/C19H41NO2.BrH/c1-3-4-5-6-7-8-9-10-11-12-13-14-15-16-17-20(2)18-19(21)22;/h19,21-22H,3-18H2,1-2H3;1H. The van der Waals surface area contributed by atoms with Gasteiger partial charge in [0, 0.05) is 6.54 Å². The average Bonchev–Trinajstić information content (AvgIpc) is 2.47. The summed E-state index contributed by atoms with van der Waals surface area (Å²) < 4.78 is 0. The lowest BCUT2D eigenvalue weighted by Gasteiger charge is -2.17. The molecular weight excluding hydrogens is 354 g/mol. The van der Waals surface area contributed by atoms with E-state index in [2.05, 4.69) is 6.92 Å². The lowest BCUT2D eigenvalue weighted by molar-refractivity contribution is -0.0573. The summed E-state index contributed by atoms with van der Waals surface area (Å²) in [5.41, 5.74) is 0. The van der Waals surface area contributed by atoms with Gasteiger partial charge in [-0.1, -0.05) is 90.4 Å². The van der Waals surface area contributed by atoms with Crippen molar-refractivity contribution in [2.75, 3.05) is 20.1 Å². The van der Waals surface area contributed by atoms with Gasteiger partial charge >= 0.3 is 0 Å². The normalized spacial score (nSPS) is 11.2. The van der Waals surface area contributed by atoms with Crippen LogP contribution in [0.1, 0.15) is 96.8 Å². The van der Waals surface area contributed by atoms with Gasteiger partial charge in [-0.05, 0) is 20.0 Å². The van der Waals surface area contributed by atoms with E-state index in [4.69, 9.17) is 10.2 Å². The molecule has 23 heavy (non-hydrogen) atoms. The highest BCUT2D eigenvalue weighted by Gasteiger charge is 2.03. The van der Waals surface area contributed by atoms with Crippen LogP contribution in [0.25, 0.3) is 0 Å². The average molecular weight is 396 g/mol. The Bertz CT molecular complexity index is 216. The van der Waals surface area contributed by atoms with Gasteiger partial charge in [-0.25, -0.2) is 0 Å². The predicted molar refractivity (Wildman–Crippen MR) is 106 cm³/mol. The monoisotopic (exact) mass is 395 g/mol. The Morgan fingerprint density at radius 3 is 1.35 bits per heavy atom. The Hall–Kier alpha value is 0.360. The van der Waals surface area contributed by atoms with Crippen molar-refractivity contribution in [2.24, 2.45) is 0 Å². The topological polar surface area (TPSA) is 43.7 Å². The zero-order chi connectivity index (χ0) is 16.5. The molecule has 0 fully saturated rings. The Morgan fingerprint density at radius 1 is 0.652 bits per heavy atom. The van der Waals surface area contributed by atoms with E-state index in [-0.39, 0.29) is 17.0 Å². The van der Waals surface area contributed by atoms with Gasteiger partial charge in [0.1, 0.15) is 0 Å². The minimum atomic E-state index is -1.20. The fourth-order valence-electron chi connectivity index (χ4n) is 2.95. The number of aliphatic hydroxyl groups excluding tert-OH is 1. The molecule has 0 bridgehead atoms. The van der Waals surface area contributed by atoms with Gasteiger partial charge in [-0.15, -0.1) is 17.0 Å². The summed E-state index contributed by atoms with van der Waals surface area (Å²) in [6.07, 6.45) is 18.1. The van der Waals surface area contributed by atoms with Crippen molar-refractivity contribution in [2.45, 2.75) is 103 Å². The molecule has 0 saturated carbocycles. The summed E-state index contributed by atoms with van der Waals surface area (Å²) in [6, 6.07) is 0. The van der Waals surface area contributed by atoms with Crippen LogP contribution < -0.4 is 0 Å². The van der Waals surface area contributed by atoms with Crippen LogP contribution in [0.5, 0.6) is 0 Å². The molecular formula is C19H42BrNO2. The summed E-state index contributed by atoms with van der Waals surface area (Å²) in [6.45, 7) is 3.60. The number of halogens is 1. The molecule has 0 saturated heterocycles. The molecule has 3 nitrogen and oxygen atoms in total. The van der Waals surface area contributed by atoms with E-state index in [1.165, 1.54) is 89.9 Å². The highest BCUT2D eigenvalue weighted by molar-refractivity contribution is 8.93. The van der Waals surface area contributed by atoms with Gasteiger partial charge in [0.15, 0.2) is 6.29 Å². The summed E-state index contributed by atoms with van der Waals surface area (Å²) in [5, 5.41) is 17.7.